The molecule has 0 heterocycles. The summed E-state index contributed by atoms with van der Waals surface area (Å²) in [4.78, 5) is 20.7. The number of carbonyl (C=O) groups excluding carboxylic acids is 2. The van der Waals surface area contributed by atoms with E-state index in [0.717, 1.165) is 12.5 Å². The normalized spacial score (nSPS) is 8.19. The third kappa shape index (κ3) is 12.4. The minimum atomic E-state index is -0.359. The van der Waals surface area contributed by atoms with E-state index in [0.29, 0.717) is 18.8 Å². The molecule has 92 valence electrons. The number of rotatable bonds is 5. The Hall–Kier alpha value is -1.58. The zero-order chi connectivity index (χ0) is 13.0. The lowest BCUT2D eigenvalue weighted by molar-refractivity contribution is -0.139. The third-order valence-corrected chi connectivity index (χ3v) is 1.24. The Morgan fingerprint density at radius 2 is 1.81 bits per heavy atom. The first-order valence-electron chi connectivity index (χ1n) is 5.11. The molecule has 4 nitrogen and oxygen atoms in total. The van der Waals surface area contributed by atoms with Crippen molar-refractivity contribution in [3.63, 3.8) is 0 Å². The van der Waals surface area contributed by atoms with Crippen LogP contribution in [0.5, 0.6) is 0 Å². The van der Waals surface area contributed by atoms with Crippen LogP contribution in [0.25, 0.3) is 0 Å². The van der Waals surface area contributed by atoms with Gasteiger partial charge in [0.05, 0.1) is 13.2 Å². The Morgan fingerprint density at radius 1 is 1.25 bits per heavy atom. The summed E-state index contributed by atoms with van der Waals surface area (Å²) in [5.74, 6) is -0.653. The Morgan fingerprint density at radius 3 is 2.06 bits per heavy atom. The van der Waals surface area contributed by atoms with E-state index in [2.05, 4.69) is 17.9 Å². The van der Waals surface area contributed by atoms with Gasteiger partial charge in [0, 0.05) is 11.6 Å². The summed E-state index contributed by atoms with van der Waals surface area (Å²) in [5, 5.41) is 0. The SMILES string of the molecule is C=C(C)C(=O)OCCC.C=CC(=O)OCC. The zero-order valence-corrected chi connectivity index (χ0v) is 10.2. The summed E-state index contributed by atoms with van der Waals surface area (Å²) in [6, 6.07) is 0. The van der Waals surface area contributed by atoms with Crippen LogP contribution in [0.4, 0.5) is 0 Å². The van der Waals surface area contributed by atoms with Crippen molar-refractivity contribution in [2.75, 3.05) is 13.2 Å². The first-order valence-corrected chi connectivity index (χ1v) is 5.11. The van der Waals surface area contributed by atoms with Gasteiger partial charge in [-0.3, -0.25) is 0 Å². The topological polar surface area (TPSA) is 52.6 Å². The molecule has 0 aromatic heterocycles. The largest absolute Gasteiger partial charge is 0.463 e. The molecule has 0 aliphatic heterocycles. The summed E-state index contributed by atoms with van der Waals surface area (Å²) in [6.07, 6.45) is 2.00. The van der Waals surface area contributed by atoms with Gasteiger partial charge in [-0.05, 0) is 20.3 Å². The van der Waals surface area contributed by atoms with Crippen LogP contribution in [0.1, 0.15) is 27.2 Å². The van der Waals surface area contributed by atoms with Crippen molar-refractivity contribution >= 4 is 11.9 Å². The van der Waals surface area contributed by atoms with Gasteiger partial charge in [-0.15, -0.1) is 0 Å². The van der Waals surface area contributed by atoms with Crippen molar-refractivity contribution in [1.29, 1.82) is 0 Å². The van der Waals surface area contributed by atoms with Crippen LogP contribution in [0.15, 0.2) is 24.8 Å². The lowest BCUT2D eigenvalue weighted by Crippen LogP contribution is -2.04. The van der Waals surface area contributed by atoms with Crippen LogP contribution < -0.4 is 0 Å². The van der Waals surface area contributed by atoms with Gasteiger partial charge < -0.3 is 9.47 Å². The van der Waals surface area contributed by atoms with Gasteiger partial charge in [-0.1, -0.05) is 20.1 Å². The number of ether oxygens (including phenoxy) is 2. The summed E-state index contributed by atoms with van der Waals surface area (Å²) in [6.45, 7) is 12.9. The van der Waals surface area contributed by atoms with Crippen LogP contribution in [0.2, 0.25) is 0 Å². The molecule has 0 N–H and O–H groups in total. The molecule has 0 aliphatic carbocycles. The van der Waals surface area contributed by atoms with Gasteiger partial charge in [-0.2, -0.15) is 0 Å². The van der Waals surface area contributed by atoms with Crippen molar-refractivity contribution in [3.8, 4) is 0 Å². The summed E-state index contributed by atoms with van der Waals surface area (Å²) in [5.41, 5.74) is 0.462. The molecule has 0 rings (SSSR count). The summed E-state index contributed by atoms with van der Waals surface area (Å²) >= 11 is 0. The van der Waals surface area contributed by atoms with Gasteiger partial charge in [0.1, 0.15) is 0 Å². The van der Waals surface area contributed by atoms with Crippen molar-refractivity contribution in [2.45, 2.75) is 27.2 Å². The highest BCUT2D eigenvalue weighted by atomic mass is 16.5. The lowest BCUT2D eigenvalue weighted by atomic mass is 10.4. The molecule has 0 radical (unpaired) electrons. The number of hydrogen-bond acceptors (Lipinski definition) is 4. The minimum absolute atomic E-state index is 0.295. The fourth-order valence-electron chi connectivity index (χ4n) is 0.519. The molecule has 0 aromatic carbocycles. The molecule has 0 spiro atoms. The monoisotopic (exact) mass is 228 g/mol. The van der Waals surface area contributed by atoms with E-state index in [1.54, 1.807) is 13.8 Å². The Balaban J connectivity index is 0. The highest BCUT2D eigenvalue weighted by molar-refractivity contribution is 5.86. The fourth-order valence-corrected chi connectivity index (χ4v) is 0.519. The molecule has 4 heteroatoms. The van der Waals surface area contributed by atoms with E-state index >= 15 is 0 Å². The predicted octanol–water partition coefficient (Wildman–Crippen LogP) is 2.25. The molecule has 0 fully saturated rings. The number of hydrogen-bond donors (Lipinski definition) is 0. The van der Waals surface area contributed by atoms with E-state index in [1.807, 2.05) is 6.92 Å². The molecule has 0 aromatic rings. The van der Waals surface area contributed by atoms with Crippen molar-refractivity contribution in [2.24, 2.45) is 0 Å². The first kappa shape index (κ1) is 16.8. The van der Waals surface area contributed by atoms with Gasteiger partial charge in [0.25, 0.3) is 0 Å². The second-order valence-corrected chi connectivity index (χ2v) is 2.87. The molecule has 16 heavy (non-hydrogen) atoms. The highest BCUT2D eigenvalue weighted by Gasteiger charge is 1.99. The van der Waals surface area contributed by atoms with Crippen LogP contribution in [-0.4, -0.2) is 25.2 Å². The van der Waals surface area contributed by atoms with Gasteiger partial charge in [0.2, 0.25) is 0 Å². The molecule has 0 atom stereocenters. The lowest BCUT2D eigenvalue weighted by Gasteiger charge is -1.99. The molecule has 0 saturated carbocycles. The molecule has 0 bridgehead atoms. The van der Waals surface area contributed by atoms with E-state index in [4.69, 9.17) is 4.74 Å². The molecule has 0 amide bonds. The number of esters is 2. The number of carbonyl (C=O) groups is 2. The smallest absolute Gasteiger partial charge is 0.333 e. The predicted molar refractivity (Wildman–Crippen MR) is 62.9 cm³/mol. The van der Waals surface area contributed by atoms with Gasteiger partial charge >= 0.3 is 11.9 Å². The molecular weight excluding hydrogens is 208 g/mol. The second-order valence-electron chi connectivity index (χ2n) is 2.87. The quantitative estimate of drug-likeness (QED) is 0.535. The van der Waals surface area contributed by atoms with Crippen molar-refractivity contribution in [3.05, 3.63) is 24.8 Å². The Labute approximate surface area is 96.9 Å². The van der Waals surface area contributed by atoms with Crippen LogP contribution in [-0.2, 0) is 19.1 Å². The molecular formula is C12H20O4. The summed E-state index contributed by atoms with van der Waals surface area (Å²) in [7, 11) is 0. The average molecular weight is 228 g/mol. The Bertz CT molecular complexity index is 243. The Kier molecular flexibility index (Phi) is 12.1. The van der Waals surface area contributed by atoms with Crippen molar-refractivity contribution in [1.82, 2.24) is 0 Å². The van der Waals surface area contributed by atoms with E-state index in [-0.39, 0.29) is 11.9 Å². The second kappa shape index (κ2) is 11.5. The fraction of sp³-hybridized carbons (Fsp3) is 0.500. The van der Waals surface area contributed by atoms with Gasteiger partial charge in [-0.25, -0.2) is 9.59 Å². The van der Waals surface area contributed by atoms with Gasteiger partial charge in [0.15, 0.2) is 0 Å². The van der Waals surface area contributed by atoms with Crippen LogP contribution in [0.3, 0.4) is 0 Å². The average Bonchev–Trinajstić information content (AvgIpc) is 2.26. The maximum Gasteiger partial charge on any atom is 0.333 e. The maximum atomic E-state index is 10.6. The maximum absolute atomic E-state index is 10.6. The molecule has 0 aliphatic rings. The summed E-state index contributed by atoms with van der Waals surface area (Å²) < 4.78 is 9.15. The molecule has 0 unspecified atom stereocenters. The van der Waals surface area contributed by atoms with E-state index < -0.39 is 0 Å². The molecule has 0 saturated heterocycles. The van der Waals surface area contributed by atoms with E-state index in [1.165, 1.54) is 0 Å². The third-order valence-electron chi connectivity index (χ3n) is 1.24. The minimum Gasteiger partial charge on any atom is -0.463 e. The van der Waals surface area contributed by atoms with E-state index in [9.17, 15) is 9.59 Å². The van der Waals surface area contributed by atoms with Crippen LogP contribution in [0, 0.1) is 0 Å². The first-order chi connectivity index (χ1) is 7.49. The highest BCUT2D eigenvalue weighted by Crippen LogP contribution is 1.91. The zero-order valence-electron chi connectivity index (χ0n) is 10.2. The standard InChI is InChI=1S/C7H12O2.C5H8O2/c1-4-5-9-7(8)6(2)3;1-3-5(6)7-4-2/h2,4-5H2,1,3H3;3H,1,4H2,2H3. The van der Waals surface area contributed by atoms with Crippen LogP contribution >= 0.6 is 0 Å². The van der Waals surface area contributed by atoms with Crippen molar-refractivity contribution < 1.29 is 19.1 Å².